The predicted octanol–water partition coefficient (Wildman–Crippen LogP) is 16.8. The Morgan fingerprint density at radius 3 is 1.08 bits per heavy atom. The van der Waals surface area contributed by atoms with Gasteiger partial charge in [-0.25, -0.2) is 9.97 Å². The summed E-state index contributed by atoms with van der Waals surface area (Å²) in [6, 6.07) is 71.1. The number of aromatic nitrogens is 2. The summed E-state index contributed by atoms with van der Waals surface area (Å²) in [7, 11) is 0. The van der Waals surface area contributed by atoms with Crippen LogP contribution in [0.2, 0.25) is 0 Å². The molecule has 0 N–H and O–H groups in total. The SMILES string of the molecule is c1ccc2cc(N(c3ccc4c(ccc5cc(N(c6ccc7ccccc7c6)c6ccc7c(c6)sc6ncccc67)ccc54)c3)c3ccc4c(c3)sc3ncccc34)ccc2c1. The first kappa shape index (κ1) is 35.1. The first-order valence-electron chi connectivity index (χ1n) is 20.8. The van der Waals surface area contributed by atoms with E-state index < -0.39 is 0 Å². The molecule has 0 radical (unpaired) electrons. The zero-order valence-corrected chi connectivity index (χ0v) is 34.9. The summed E-state index contributed by atoms with van der Waals surface area (Å²) in [5.41, 5.74) is 6.68. The summed E-state index contributed by atoms with van der Waals surface area (Å²) in [6.45, 7) is 0. The molecule has 0 atom stereocenters. The van der Waals surface area contributed by atoms with E-state index in [2.05, 4.69) is 202 Å². The van der Waals surface area contributed by atoms with E-state index in [9.17, 15) is 0 Å². The Morgan fingerprint density at radius 1 is 0.274 bits per heavy atom. The van der Waals surface area contributed by atoms with Crippen LogP contribution in [0.25, 0.3) is 83.7 Å². The maximum atomic E-state index is 4.68. The molecule has 290 valence electrons. The summed E-state index contributed by atoms with van der Waals surface area (Å²) < 4.78 is 2.45. The molecule has 0 fully saturated rings. The maximum Gasteiger partial charge on any atom is 0.124 e. The zero-order valence-electron chi connectivity index (χ0n) is 33.2. The highest BCUT2D eigenvalue weighted by atomic mass is 32.1. The van der Waals surface area contributed by atoms with Gasteiger partial charge in [0.05, 0.1) is 0 Å². The molecule has 9 aromatic carbocycles. The average Bonchev–Trinajstić information content (AvgIpc) is 3.89. The van der Waals surface area contributed by atoms with E-state index in [0.29, 0.717) is 0 Å². The van der Waals surface area contributed by atoms with E-state index in [0.717, 1.165) is 43.8 Å². The van der Waals surface area contributed by atoms with Gasteiger partial charge in [0.1, 0.15) is 9.66 Å². The predicted molar refractivity (Wildman–Crippen MR) is 267 cm³/mol. The van der Waals surface area contributed by atoms with E-state index in [1.54, 1.807) is 22.7 Å². The molecule has 0 aliphatic heterocycles. The van der Waals surface area contributed by atoms with E-state index in [4.69, 9.17) is 0 Å². The number of nitrogens with zero attached hydrogens (tertiary/aromatic N) is 4. The van der Waals surface area contributed by atoms with Crippen molar-refractivity contribution in [3.63, 3.8) is 0 Å². The Morgan fingerprint density at radius 2 is 0.629 bits per heavy atom. The molecule has 0 unspecified atom stereocenters. The van der Waals surface area contributed by atoms with Crippen molar-refractivity contribution in [3.8, 4) is 0 Å². The lowest BCUT2D eigenvalue weighted by atomic mass is 9.99. The Balaban J connectivity index is 0.942. The monoisotopic (exact) mass is 826 g/mol. The largest absolute Gasteiger partial charge is 0.310 e. The van der Waals surface area contributed by atoms with E-state index in [1.807, 2.05) is 24.5 Å². The molecule has 0 aliphatic carbocycles. The number of thiophene rings is 2. The summed E-state index contributed by atoms with van der Waals surface area (Å²) in [4.78, 5) is 16.3. The molecule has 0 amide bonds. The van der Waals surface area contributed by atoms with Crippen molar-refractivity contribution in [2.45, 2.75) is 0 Å². The summed E-state index contributed by atoms with van der Waals surface area (Å²) in [5.74, 6) is 0. The van der Waals surface area contributed by atoms with Gasteiger partial charge in [-0.05, 0) is 140 Å². The average molecular weight is 827 g/mol. The standard InChI is InChI=1S/C56H34N4S2/c1-3-9-37-29-41(17-15-35(37)7-1)59(45-21-25-49-51-11-5-27-57-55(51)61-53(49)33-45)43-19-23-47-39(31-43)13-14-40-32-44(20-24-48(40)47)60(42-18-16-36-8-2-4-10-38(36)30-42)46-22-26-50-52-12-6-28-58-56(52)62-54(50)34-46/h1-34H. The van der Waals surface area contributed by atoms with Crippen molar-refractivity contribution >= 4 is 140 Å². The van der Waals surface area contributed by atoms with Crippen LogP contribution in [-0.2, 0) is 0 Å². The highest BCUT2D eigenvalue weighted by Crippen LogP contribution is 2.44. The molecule has 0 bridgehead atoms. The van der Waals surface area contributed by atoms with Crippen LogP contribution in [0.1, 0.15) is 0 Å². The molecule has 62 heavy (non-hydrogen) atoms. The van der Waals surface area contributed by atoms with Crippen LogP contribution in [0.5, 0.6) is 0 Å². The van der Waals surface area contributed by atoms with Crippen LogP contribution in [0.4, 0.5) is 34.1 Å². The lowest BCUT2D eigenvalue weighted by Crippen LogP contribution is -2.10. The van der Waals surface area contributed by atoms with Crippen molar-refractivity contribution in [1.82, 2.24) is 9.97 Å². The van der Waals surface area contributed by atoms with Gasteiger partial charge in [0, 0.05) is 77.5 Å². The van der Waals surface area contributed by atoms with Crippen LogP contribution < -0.4 is 9.80 Å². The van der Waals surface area contributed by atoms with Crippen molar-refractivity contribution in [2.24, 2.45) is 0 Å². The van der Waals surface area contributed by atoms with Gasteiger partial charge in [-0.2, -0.15) is 0 Å². The summed E-state index contributed by atoms with van der Waals surface area (Å²) >= 11 is 3.50. The van der Waals surface area contributed by atoms with Gasteiger partial charge in [-0.15, -0.1) is 22.7 Å². The molecular formula is C56H34N4S2. The quantitative estimate of drug-likeness (QED) is 0.156. The Bertz CT molecular complexity index is 3670. The molecule has 0 saturated carbocycles. The third kappa shape index (κ3) is 5.72. The van der Waals surface area contributed by atoms with Crippen molar-refractivity contribution in [2.75, 3.05) is 9.80 Å². The highest BCUT2D eigenvalue weighted by Gasteiger charge is 2.19. The van der Waals surface area contributed by atoms with Gasteiger partial charge < -0.3 is 9.80 Å². The zero-order chi connectivity index (χ0) is 40.7. The third-order valence-electron chi connectivity index (χ3n) is 12.3. The minimum atomic E-state index is 1.06. The van der Waals surface area contributed by atoms with Crippen LogP contribution in [0.3, 0.4) is 0 Å². The molecule has 13 aromatic rings. The number of anilines is 6. The van der Waals surface area contributed by atoms with Crippen molar-refractivity contribution < 1.29 is 0 Å². The molecule has 13 rings (SSSR count). The molecule has 4 heterocycles. The highest BCUT2D eigenvalue weighted by molar-refractivity contribution is 7.25. The number of rotatable bonds is 6. The molecule has 0 aliphatic rings. The van der Waals surface area contributed by atoms with Gasteiger partial charge in [0.25, 0.3) is 0 Å². The number of hydrogen-bond donors (Lipinski definition) is 0. The fraction of sp³-hybridized carbons (Fsp3) is 0. The number of fused-ring (bicyclic) bond motifs is 11. The number of pyridine rings is 2. The van der Waals surface area contributed by atoms with Gasteiger partial charge in [-0.1, -0.05) is 97.1 Å². The summed E-state index contributed by atoms with van der Waals surface area (Å²) in [6.07, 6.45) is 3.76. The lowest BCUT2D eigenvalue weighted by molar-refractivity contribution is 1.30. The van der Waals surface area contributed by atoms with Gasteiger partial charge >= 0.3 is 0 Å². The minimum Gasteiger partial charge on any atom is -0.310 e. The normalized spacial score (nSPS) is 11.9. The van der Waals surface area contributed by atoms with Gasteiger partial charge in [0.15, 0.2) is 0 Å². The van der Waals surface area contributed by atoms with Crippen molar-refractivity contribution in [3.05, 3.63) is 207 Å². The topological polar surface area (TPSA) is 32.3 Å². The Kier molecular flexibility index (Phi) is 7.92. The second-order valence-electron chi connectivity index (χ2n) is 15.9. The molecule has 4 nitrogen and oxygen atoms in total. The minimum absolute atomic E-state index is 1.06. The third-order valence-corrected chi connectivity index (χ3v) is 14.4. The molecule has 6 heteroatoms. The fourth-order valence-corrected chi connectivity index (χ4v) is 11.5. The molecule has 0 spiro atoms. The van der Waals surface area contributed by atoms with Crippen molar-refractivity contribution in [1.29, 1.82) is 0 Å². The number of benzene rings is 9. The molecule has 4 aromatic heterocycles. The first-order chi connectivity index (χ1) is 30.7. The second-order valence-corrected chi connectivity index (χ2v) is 17.9. The van der Waals surface area contributed by atoms with Crippen LogP contribution in [0.15, 0.2) is 207 Å². The first-order valence-corrected chi connectivity index (χ1v) is 22.4. The lowest BCUT2D eigenvalue weighted by Gasteiger charge is -2.27. The molecular weight excluding hydrogens is 793 g/mol. The summed E-state index contributed by atoms with van der Waals surface area (Å²) in [5, 5.41) is 14.6. The smallest absolute Gasteiger partial charge is 0.124 e. The van der Waals surface area contributed by atoms with E-state index in [-0.39, 0.29) is 0 Å². The Hall–Kier alpha value is -7.64. The maximum absolute atomic E-state index is 4.68. The fourth-order valence-electron chi connectivity index (χ4n) is 9.33. The van der Waals surface area contributed by atoms with Crippen LogP contribution in [-0.4, -0.2) is 9.97 Å². The van der Waals surface area contributed by atoms with Crippen LogP contribution >= 0.6 is 22.7 Å². The van der Waals surface area contributed by atoms with Gasteiger partial charge in [0.2, 0.25) is 0 Å². The van der Waals surface area contributed by atoms with Gasteiger partial charge in [-0.3, -0.25) is 0 Å². The second kappa shape index (κ2) is 14.0. The molecule has 0 saturated heterocycles. The number of hydrogen-bond acceptors (Lipinski definition) is 6. The Labute approximate surface area is 364 Å². The van der Waals surface area contributed by atoms with E-state index >= 15 is 0 Å². The van der Waals surface area contributed by atoms with E-state index in [1.165, 1.54) is 74.0 Å². The van der Waals surface area contributed by atoms with Crippen LogP contribution in [0, 0.1) is 0 Å².